The zero-order chi connectivity index (χ0) is 21.5. The van der Waals surface area contributed by atoms with Crippen LogP contribution < -0.4 is 4.74 Å². The van der Waals surface area contributed by atoms with Gasteiger partial charge in [-0.2, -0.15) is 5.26 Å². The average Bonchev–Trinajstić information content (AvgIpc) is 3.36. The Balaban J connectivity index is 1.65. The molecule has 0 spiro atoms. The molecule has 1 atom stereocenters. The number of rotatable bonds is 8. The number of hydrogen-bond donors (Lipinski definition) is 0. The molecular formula is C24H29N3O3. The van der Waals surface area contributed by atoms with Crippen molar-refractivity contribution in [2.45, 2.75) is 39.3 Å². The minimum Gasteiger partial charge on any atom is -0.492 e. The molecule has 1 aliphatic heterocycles. The van der Waals surface area contributed by atoms with Crippen LogP contribution in [0.25, 0.3) is 6.08 Å². The number of para-hydroxylation sites is 1. The molecule has 0 radical (unpaired) electrons. The molecule has 6 heteroatoms. The normalized spacial score (nSPS) is 16.3. The summed E-state index contributed by atoms with van der Waals surface area (Å²) in [5, 5.41) is 9.58. The standard InChI is InChI=1S/C24H29N3O3/c1-18-14-20(19(2)27(18)17-23-10-7-12-29-23)15-21(16-25)24(28)26(3)11-13-30-22-8-5-4-6-9-22/h4-6,8-9,14-15,23H,7,10-13,17H2,1-3H3/b21-15+. The van der Waals surface area contributed by atoms with Crippen molar-refractivity contribution in [3.05, 3.63) is 58.9 Å². The van der Waals surface area contributed by atoms with E-state index in [0.29, 0.717) is 13.2 Å². The van der Waals surface area contributed by atoms with E-state index in [1.807, 2.05) is 50.2 Å². The van der Waals surface area contributed by atoms with Gasteiger partial charge in [-0.05, 0) is 56.5 Å². The fourth-order valence-electron chi connectivity index (χ4n) is 3.67. The van der Waals surface area contributed by atoms with Crippen LogP contribution in [-0.2, 0) is 16.1 Å². The quantitative estimate of drug-likeness (QED) is 0.494. The maximum atomic E-state index is 12.8. The molecule has 1 unspecified atom stereocenters. The van der Waals surface area contributed by atoms with E-state index in [4.69, 9.17) is 9.47 Å². The smallest absolute Gasteiger partial charge is 0.264 e. The summed E-state index contributed by atoms with van der Waals surface area (Å²) >= 11 is 0. The second-order valence-electron chi connectivity index (χ2n) is 7.63. The van der Waals surface area contributed by atoms with Gasteiger partial charge in [0.1, 0.15) is 24.0 Å². The number of carbonyl (C=O) groups is 1. The third-order valence-electron chi connectivity index (χ3n) is 5.46. The number of aryl methyl sites for hydroxylation is 1. The molecule has 1 aromatic carbocycles. The van der Waals surface area contributed by atoms with E-state index in [2.05, 4.69) is 10.6 Å². The summed E-state index contributed by atoms with van der Waals surface area (Å²) < 4.78 is 13.6. The largest absolute Gasteiger partial charge is 0.492 e. The first kappa shape index (κ1) is 21.7. The van der Waals surface area contributed by atoms with Crippen LogP contribution in [0.15, 0.2) is 42.0 Å². The lowest BCUT2D eigenvalue weighted by Gasteiger charge is -2.17. The topological polar surface area (TPSA) is 67.5 Å². The fourth-order valence-corrected chi connectivity index (χ4v) is 3.67. The van der Waals surface area contributed by atoms with Crippen molar-refractivity contribution in [1.82, 2.24) is 9.47 Å². The number of ether oxygens (including phenoxy) is 2. The van der Waals surface area contributed by atoms with Crippen molar-refractivity contribution in [2.75, 3.05) is 26.8 Å². The third-order valence-corrected chi connectivity index (χ3v) is 5.46. The van der Waals surface area contributed by atoms with Gasteiger partial charge in [-0.25, -0.2) is 0 Å². The molecule has 158 valence electrons. The highest BCUT2D eigenvalue weighted by Gasteiger charge is 2.20. The van der Waals surface area contributed by atoms with Gasteiger partial charge in [0.2, 0.25) is 0 Å². The Labute approximate surface area is 178 Å². The van der Waals surface area contributed by atoms with E-state index >= 15 is 0 Å². The van der Waals surface area contributed by atoms with Crippen LogP contribution in [0, 0.1) is 25.2 Å². The van der Waals surface area contributed by atoms with E-state index in [9.17, 15) is 10.1 Å². The van der Waals surface area contributed by atoms with Gasteiger partial charge in [-0.15, -0.1) is 0 Å². The van der Waals surface area contributed by atoms with Crippen molar-refractivity contribution in [1.29, 1.82) is 5.26 Å². The Morgan fingerprint density at radius 1 is 1.37 bits per heavy atom. The van der Waals surface area contributed by atoms with Gasteiger partial charge in [-0.1, -0.05) is 18.2 Å². The molecule has 0 saturated carbocycles. The van der Waals surface area contributed by atoms with Crippen LogP contribution in [0.5, 0.6) is 5.75 Å². The van der Waals surface area contributed by atoms with Crippen LogP contribution >= 0.6 is 0 Å². The lowest BCUT2D eigenvalue weighted by Crippen LogP contribution is -2.31. The highest BCUT2D eigenvalue weighted by atomic mass is 16.5. The van der Waals surface area contributed by atoms with Gasteiger partial charge in [0.25, 0.3) is 5.91 Å². The zero-order valence-corrected chi connectivity index (χ0v) is 17.9. The predicted octanol–water partition coefficient (Wildman–Crippen LogP) is 3.73. The van der Waals surface area contributed by atoms with Gasteiger partial charge < -0.3 is 18.9 Å². The predicted molar refractivity (Wildman–Crippen MR) is 116 cm³/mol. The Hall–Kier alpha value is -3.04. The summed E-state index contributed by atoms with van der Waals surface area (Å²) in [5.74, 6) is 0.450. The van der Waals surface area contributed by atoms with E-state index < -0.39 is 0 Å². The molecule has 0 bridgehead atoms. The molecule has 3 rings (SSSR count). The first-order valence-electron chi connectivity index (χ1n) is 10.3. The summed E-state index contributed by atoms with van der Waals surface area (Å²) in [5.41, 5.74) is 3.15. The van der Waals surface area contributed by atoms with Crippen molar-refractivity contribution < 1.29 is 14.3 Å². The van der Waals surface area contributed by atoms with E-state index in [1.54, 1.807) is 13.1 Å². The second-order valence-corrected chi connectivity index (χ2v) is 7.63. The van der Waals surface area contributed by atoms with E-state index in [-0.39, 0.29) is 17.6 Å². The highest BCUT2D eigenvalue weighted by Crippen LogP contribution is 2.22. The maximum Gasteiger partial charge on any atom is 0.264 e. The minimum atomic E-state index is -0.307. The van der Waals surface area contributed by atoms with Crippen LogP contribution in [0.1, 0.15) is 29.8 Å². The maximum absolute atomic E-state index is 12.8. The van der Waals surface area contributed by atoms with Crippen LogP contribution in [0.2, 0.25) is 0 Å². The number of hydrogen-bond acceptors (Lipinski definition) is 4. The molecule has 0 N–H and O–H groups in total. The van der Waals surface area contributed by atoms with Gasteiger partial charge in [0.15, 0.2) is 0 Å². The van der Waals surface area contributed by atoms with Crippen LogP contribution in [-0.4, -0.2) is 48.3 Å². The van der Waals surface area contributed by atoms with Crippen molar-refractivity contribution in [2.24, 2.45) is 0 Å². The fraction of sp³-hybridized carbons (Fsp3) is 0.417. The Morgan fingerprint density at radius 2 is 2.13 bits per heavy atom. The van der Waals surface area contributed by atoms with Gasteiger partial charge in [0.05, 0.1) is 12.6 Å². The average molecular weight is 408 g/mol. The summed E-state index contributed by atoms with van der Waals surface area (Å²) in [6.45, 7) is 6.44. The van der Waals surface area contributed by atoms with Crippen LogP contribution in [0.4, 0.5) is 0 Å². The number of likely N-dealkylation sites (N-methyl/N-ethyl adjacent to an activating group) is 1. The molecule has 6 nitrogen and oxygen atoms in total. The van der Waals surface area contributed by atoms with E-state index in [1.165, 1.54) is 4.90 Å². The third kappa shape index (κ3) is 5.31. The first-order valence-corrected chi connectivity index (χ1v) is 10.3. The molecule has 2 heterocycles. The minimum absolute atomic E-state index is 0.120. The lowest BCUT2D eigenvalue weighted by atomic mass is 10.1. The summed E-state index contributed by atoms with van der Waals surface area (Å²) in [6.07, 6.45) is 4.09. The highest BCUT2D eigenvalue weighted by molar-refractivity contribution is 6.01. The van der Waals surface area contributed by atoms with Crippen molar-refractivity contribution in [3.63, 3.8) is 0 Å². The SMILES string of the molecule is Cc1cc(/C=C(\C#N)C(=O)N(C)CCOc2ccccc2)c(C)n1CC1CCCO1. The molecule has 1 fully saturated rings. The van der Waals surface area contributed by atoms with E-state index in [0.717, 1.165) is 48.7 Å². The molecule has 30 heavy (non-hydrogen) atoms. The lowest BCUT2D eigenvalue weighted by molar-refractivity contribution is -0.125. The Morgan fingerprint density at radius 3 is 2.80 bits per heavy atom. The number of carbonyl (C=O) groups excluding carboxylic acids is 1. The van der Waals surface area contributed by atoms with Gasteiger partial charge in [-0.3, -0.25) is 4.79 Å². The second kappa shape index (κ2) is 10.1. The summed E-state index contributed by atoms with van der Waals surface area (Å²) in [4.78, 5) is 14.3. The molecule has 1 amide bonds. The number of amides is 1. The molecule has 1 aliphatic rings. The van der Waals surface area contributed by atoms with Crippen molar-refractivity contribution >= 4 is 12.0 Å². The number of benzene rings is 1. The molecule has 1 saturated heterocycles. The molecule has 2 aromatic rings. The molecular weight excluding hydrogens is 378 g/mol. The summed E-state index contributed by atoms with van der Waals surface area (Å²) in [7, 11) is 1.68. The monoisotopic (exact) mass is 407 g/mol. The number of nitriles is 1. The van der Waals surface area contributed by atoms with Crippen LogP contribution in [0.3, 0.4) is 0 Å². The van der Waals surface area contributed by atoms with Crippen molar-refractivity contribution in [3.8, 4) is 11.8 Å². The van der Waals surface area contributed by atoms with Gasteiger partial charge >= 0.3 is 0 Å². The Kier molecular flexibility index (Phi) is 7.31. The zero-order valence-electron chi connectivity index (χ0n) is 17.9. The summed E-state index contributed by atoms with van der Waals surface area (Å²) in [6, 6.07) is 13.5. The van der Waals surface area contributed by atoms with Gasteiger partial charge in [0, 0.05) is 31.6 Å². The molecule has 1 aromatic heterocycles. The Bertz CT molecular complexity index is 935. The molecule has 0 aliphatic carbocycles. The first-order chi connectivity index (χ1) is 14.5. The number of aromatic nitrogens is 1. The number of nitrogens with zero attached hydrogens (tertiary/aromatic N) is 3.